The second-order valence-electron chi connectivity index (χ2n) is 13.2. The Hall–Kier alpha value is -3.85. The lowest BCUT2D eigenvalue weighted by Gasteiger charge is -2.36. The quantitative estimate of drug-likeness (QED) is 0.318. The first-order chi connectivity index (χ1) is 23.4. The highest BCUT2D eigenvalue weighted by atomic mass is 32.2. The molecule has 0 saturated heterocycles. The van der Waals surface area contributed by atoms with Gasteiger partial charge in [-0.2, -0.15) is 0 Å². The van der Waals surface area contributed by atoms with Gasteiger partial charge in [0.15, 0.2) is 22.2 Å². The lowest BCUT2D eigenvalue weighted by Crippen LogP contribution is -2.47. The normalized spacial score (nSPS) is 21.2. The van der Waals surface area contributed by atoms with Crippen molar-refractivity contribution in [3.63, 3.8) is 0 Å². The summed E-state index contributed by atoms with van der Waals surface area (Å²) in [4.78, 5) is 18.2. The summed E-state index contributed by atoms with van der Waals surface area (Å²) in [5, 5.41) is 14.0. The maximum Gasteiger partial charge on any atom is 0.267 e. The van der Waals surface area contributed by atoms with Gasteiger partial charge in [-0.15, -0.1) is 0 Å². The van der Waals surface area contributed by atoms with Gasteiger partial charge in [-0.05, 0) is 89.9 Å². The van der Waals surface area contributed by atoms with Crippen LogP contribution in [-0.2, 0) is 21.3 Å². The van der Waals surface area contributed by atoms with Gasteiger partial charge >= 0.3 is 0 Å². The SMILES string of the molecule is Cc1noc(C)c1S(=O)(=O)Nc1ccc2c(c1)C(=O)N([C@@H](C)CO)C[C@H](C)[C@H](CN(C)Cc1ccc3c(c1)OCO3)OCCCC[C@@H](C)O2. The van der Waals surface area contributed by atoms with Crippen LogP contribution >= 0.6 is 0 Å². The molecule has 13 nitrogen and oxygen atoms in total. The van der Waals surface area contributed by atoms with E-state index < -0.39 is 22.0 Å². The fourth-order valence-corrected chi connectivity index (χ4v) is 7.62. The number of aromatic nitrogens is 1. The number of anilines is 1. The fourth-order valence-electron chi connectivity index (χ4n) is 6.24. The molecule has 3 aromatic rings. The van der Waals surface area contributed by atoms with Crippen LogP contribution in [0, 0.1) is 19.8 Å². The molecule has 3 heterocycles. The average Bonchev–Trinajstić information content (AvgIpc) is 3.67. The van der Waals surface area contributed by atoms with E-state index in [1.807, 2.05) is 39.1 Å². The molecule has 0 radical (unpaired) electrons. The number of likely N-dealkylation sites (N-methyl/N-ethyl adjacent to an activating group) is 1. The van der Waals surface area contributed by atoms with Gasteiger partial charge in [-0.3, -0.25) is 14.4 Å². The van der Waals surface area contributed by atoms with E-state index in [1.165, 1.54) is 13.0 Å². The molecule has 2 N–H and O–H groups in total. The van der Waals surface area contributed by atoms with Crippen LogP contribution in [0.4, 0.5) is 5.69 Å². The zero-order valence-corrected chi connectivity index (χ0v) is 29.9. The summed E-state index contributed by atoms with van der Waals surface area (Å²) < 4.78 is 58.1. The molecule has 2 aliphatic heterocycles. The monoisotopic (exact) mass is 700 g/mol. The number of carbonyl (C=O) groups excluding carboxylic acids is 1. The summed E-state index contributed by atoms with van der Waals surface area (Å²) in [6.07, 6.45) is 2.00. The van der Waals surface area contributed by atoms with E-state index in [-0.39, 0.29) is 65.7 Å². The highest BCUT2D eigenvalue weighted by molar-refractivity contribution is 7.92. The molecule has 0 bridgehead atoms. The molecular weight excluding hydrogens is 652 g/mol. The Kier molecular flexibility index (Phi) is 11.7. The zero-order valence-electron chi connectivity index (χ0n) is 29.1. The third-order valence-electron chi connectivity index (χ3n) is 8.92. The fraction of sp³-hybridized carbons (Fsp3) is 0.543. The molecule has 1 aromatic heterocycles. The molecule has 2 aliphatic rings. The molecule has 14 heteroatoms. The number of aliphatic hydroxyl groups is 1. The Morgan fingerprint density at radius 3 is 2.57 bits per heavy atom. The Bertz CT molecular complexity index is 1690. The van der Waals surface area contributed by atoms with Crippen molar-refractivity contribution in [2.45, 2.75) is 83.6 Å². The minimum Gasteiger partial charge on any atom is -0.490 e. The first-order valence-corrected chi connectivity index (χ1v) is 18.2. The molecule has 268 valence electrons. The van der Waals surface area contributed by atoms with Crippen LogP contribution in [0.3, 0.4) is 0 Å². The number of aryl methyl sites for hydroxylation is 2. The number of hydrogen-bond donors (Lipinski definition) is 2. The number of carbonyl (C=O) groups is 1. The van der Waals surface area contributed by atoms with Crippen molar-refractivity contribution in [3.8, 4) is 17.2 Å². The summed E-state index contributed by atoms with van der Waals surface area (Å²) in [7, 11) is -2.04. The molecule has 0 spiro atoms. The topological polar surface area (TPSA) is 153 Å². The Morgan fingerprint density at radius 1 is 1.08 bits per heavy atom. The first kappa shape index (κ1) is 36.4. The van der Waals surface area contributed by atoms with Gasteiger partial charge in [0.1, 0.15) is 11.4 Å². The molecule has 0 fully saturated rings. The van der Waals surface area contributed by atoms with E-state index in [9.17, 15) is 18.3 Å². The van der Waals surface area contributed by atoms with Gasteiger partial charge in [-0.25, -0.2) is 8.42 Å². The highest BCUT2D eigenvalue weighted by Crippen LogP contribution is 2.33. The standard InChI is InChI=1S/C35H48N4O9S/c1-22-17-39(23(2)20-40)35(41)29-16-28(37-49(42,43)34-25(4)36-48-26(34)5)11-13-30(29)47-24(3)9-7-8-14-44-33(22)19-38(6)18-27-10-12-31-32(15-27)46-21-45-31/h10-13,15-16,22-24,33,37,40H,7-9,14,17-21H2,1-6H3/t22-,23-,24+,33-/m0/s1. The second-order valence-corrected chi connectivity index (χ2v) is 14.8. The van der Waals surface area contributed by atoms with Crippen molar-refractivity contribution in [2.24, 2.45) is 5.92 Å². The molecule has 0 aliphatic carbocycles. The second kappa shape index (κ2) is 15.8. The van der Waals surface area contributed by atoms with Crippen molar-refractivity contribution in [1.82, 2.24) is 15.0 Å². The number of amides is 1. The number of rotatable bonds is 9. The number of benzene rings is 2. The van der Waals surface area contributed by atoms with Crippen LogP contribution in [0.5, 0.6) is 17.2 Å². The third kappa shape index (κ3) is 8.85. The van der Waals surface area contributed by atoms with Crippen molar-refractivity contribution in [3.05, 3.63) is 59.0 Å². The zero-order chi connectivity index (χ0) is 35.3. The summed E-state index contributed by atoms with van der Waals surface area (Å²) >= 11 is 0. The van der Waals surface area contributed by atoms with Crippen LogP contribution in [0.1, 0.15) is 67.4 Å². The average molecular weight is 701 g/mol. The molecule has 0 unspecified atom stereocenters. The van der Waals surface area contributed by atoms with E-state index in [0.29, 0.717) is 25.4 Å². The number of sulfonamides is 1. The van der Waals surface area contributed by atoms with Gasteiger partial charge in [0, 0.05) is 37.8 Å². The van der Waals surface area contributed by atoms with E-state index in [2.05, 4.69) is 14.8 Å². The Morgan fingerprint density at radius 2 is 1.84 bits per heavy atom. The lowest BCUT2D eigenvalue weighted by atomic mass is 10.0. The predicted molar refractivity (Wildman–Crippen MR) is 183 cm³/mol. The molecular formula is C35H48N4O9S. The van der Waals surface area contributed by atoms with Crippen LogP contribution in [0.25, 0.3) is 0 Å². The van der Waals surface area contributed by atoms with Gasteiger partial charge in [0.05, 0.1) is 30.4 Å². The molecule has 49 heavy (non-hydrogen) atoms. The maximum absolute atomic E-state index is 14.4. The van der Waals surface area contributed by atoms with E-state index >= 15 is 0 Å². The van der Waals surface area contributed by atoms with Crippen molar-refractivity contribution < 1.29 is 41.8 Å². The number of nitrogens with zero attached hydrogens (tertiary/aromatic N) is 3. The number of hydrogen-bond acceptors (Lipinski definition) is 11. The van der Waals surface area contributed by atoms with Crippen LogP contribution in [-0.4, -0.2) is 92.8 Å². The van der Waals surface area contributed by atoms with Gasteiger partial charge in [0.25, 0.3) is 15.9 Å². The smallest absolute Gasteiger partial charge is 0.267 e. The maximum atomic E-state index is 14.4. The molecule has 5 rings (SSSR count). The Labute approximate surface area is 288 Å². The van der Waals surface area contributed by atoms with Crippen LogP contribution in [0.2, 0.25) is 0 Å². The van der Waals surface area contributed by atoms with Crippen molar-refractivity contribution in [1.29, 1.82) is 0 Å². The lowest BCUT2D eigenvalue weighted by molar-refractivity contribution is -0.0177. The van der Waals surface area contributed by atoms with E-state index in [1.54, 1.807) is 30.9 Å². The third-order valence-corrected chi connectivity index (χ3v) is 10.5. The van der Waals surface area contributed by atoms with Gasteiger partial charge in [0.2, 0.25) is 6.79 Å². The van der Waals surface area contributed by atoms with E-state index in [4.69, 9.17) is 23.5 Å². The molecule has 4 atom stereocenters. The minimum atomic E-state index is -4.07. The van der Waals surface area contributed by atoms with Crippen LogP contribution in [0.15, 0.2) is 45.8 Å². The molecule has 2 aromatic carbocycles. The number of nitrogens with one attached hydrogen (secondary N) is 1. The number of aliphatic hydroxyl groups excluding tert-OH is 1. The largest absolute Gasteiger partial charge is 0.490 e. The summed E-state index contributed by atoms with van der Waals surface area (Å²) in [5.74, 6) is 1.46. The summed E-state index contributed by atoms with van der Waals surface area (Å²) in [6.45, 7) is 10.9. The van der Waals surface area contributed by atoms with Gasteiger partial charge in [-0.1, -0.05) is 18.1 Å². The number of ether oxygens (including phenoxy) is 4. The summed E-state index contributed by atoms with van der Waals surface area (Å²) in [6, 6.07) is 10.1. The highest BCUT2D eigenvalue weighted by Gasteiger charge is 2.31. The Balaban J connectivity index is 1.41. The summed E-state index contributed by atoms with van der Waals surface area (Å²) in [5.41, 5.74) is 1.68. The number of fused-ring (bicyclic) bond motifs is 2. The minimum absolute atomic E-state index is 0.0531. The van der Waals surface area contributed by atoms with Gasteiger partial charge < -0.3 is 33.5 Å². The van der Waals surface area contributed by atoms with Crippen molar-refractivity contribution in [2.75, 3.05) is 44.9 Å². The van der Waals surface area contributed by atoms with Crippen molar-refractivity contribution >= 4 is 21.6 Å². The molecule has 0 saturated carbocycles. The van der Waals surface area contributed by atoms with Crippen LogP contribution < -0.4 is 18.9 Å². The van der Waals surface area contributed by atoms with E-state index in [0.717, 1.165) is 36.3 Å². The first-order valence-electron chi connectivity index (χ1n) is 16.7. The molecule has 1 amide bonds. The predicted octanol–water partition coefficient (Wildman–Crippen LogP) is 4.75.